The third-order valence-corrected chi connectivity index (χ3v) is 2.66. The molecule has 8 heteroatoms. The van der Waals surface area contributed by atoms with Gasteiger partial charge in [-0.05, 0) is 33.8 Å². The summed E-state index contributed by atoms with van der Waals surface area (Å²) in [5.41, 5.74) is 5.45. The normalized spacial score (nSPS) is 11.6. The lowest BCUT2D eigenvalue weighted by molar-refractivity contribution is -0.136. The summed E-state index contributed by atoms with van der Waals surface area (Å²) in [5.74, 6) is -0.300. The molecule has 1 heterocycles. The standard InChI is InChI=1S/C16H23N3O5/c1-6-23-14(20)10(8-17)11-7-12(13(22-5)9-18-11)19-15(21)24-16(2,3)4/h7-9H,6,17H2,1-5H3,(H,18,19,21)/b10-8+. The summed E-state index contributed by atoms with van der Waals surface area (Å²) >= 11 is 0. The number of rotatable bonds is 5. The molecule has 0 bridgehead atoms. The summed E-state index contributed by atoms with van der Waals surface area (Å²) < 4.78 is 15.3. The number of carbonyl (C=O) groups is 2. The Bertz CT molecular complexity index is 635. The maximum Gasteiger partial charge on any atom is 0.412 e. The smallest absolute Gasteiger partial charge is 0.412 e. The van der Waals surface area contributed by atoms with Crippen LogP contribution in [0.25, 0.3) is 5.57 Å². The van der Waals surface area contributed by atoms with Crippen LogP contribution in [0.1, 0.15) is 33.4 Å². The number of hydrogen-bond donors (Lipinski definition) is 2. The van der Waals surface area contributed by atoms with Crippen molar-refractivity contribution in [3.8, 4) is 5.75 Å². The van der Waals surface area contributed by atoms with Crippen LogP contribution in [0.5, 0.6) is 5.75 Å². The molecule has 1 rings (SSSR count). The monoisotopic (exact) mass is 337 g/mol. The number of amides is 1. The van der Waals surface area contributed by atoms with Crippen molar-refractivity contribution in [3.05, 3.63) is 24.2 Å². The van der Waals surface area contributed by atoms with Crippen molar-refractivity contribution in [1.29, 1.82) is 0 Å². The highest BCUT2D eigenvalue weighted by Crippen LogP contribution is 2.27. The van der Waals surface area contributed by atoms with Gasteiger partial charge >= 0.3 is 12.1 Å². The highest BCUT2D eigenvalue weighted by Gasteiger charge is 2.20. The number of hydrogen-bond acceptors (Lipinski definition) is 7. The molecule has 0 aliphatic rings. The van der Waals surface area contributed by atoms with E-state index in [2.05, 4.69) is 10.3 Å². The number of esters is 1. The van der Waals surface area contributed by atoms with Crippen molar-refractivity contribution in [3.63, 3.8) is 0 Å². The van der Waals surface area contributed by atoms with Gasteiger partial charge < -0.3 is 19.9 Å². The summed E-state index contributed by atoms with van der Waals surface area (Å²) in [7, 11) is 1.43. The number of pyridine rings is 1. The molecule has 3 N–H and O–H groups in total. The largest absolute Gasteiger partial charge is 0.493 e. The van der Waals surface area contributed by atoms with E-state index in [1.807, 2.05) is 0 Å². The van der Waals surface area contributed by atoms with E-state index in [1.54, 1.807) is 27.7 Å². The first-order chi connectivity index (χ1) is 11.2. The average molecular weight is 337 g/mol. The summed E-state index contributed by atoms with van der Waals surface area (Å²) in [6.07, 6.45) is 1.81. The molecular formula is C16H23N3O5. The predicted octanol–water partition coefficient (Wildman–Crippen LogP) is 2.30. The van der Waals surface area contributed by atoms with Gasteiger partial charge in [-0.25, -0.2) is 9.59 Å². The first-order valence-electron chi connectivity index (χ1n) is 7.35. The number of ether oxygens (including phenoxy) is 3. The van der Waals surface area contributed by atoms with Gasteiger partial charge in [0.15, 0.2) is 5.75 Å². The Morgan fingerprint density at radius 1 is 1.38 bits per heavy atom. The second kappa shape index (κ2) is 8.19. The maximum absolute atomic E-state index is 11.9. The molecule has 0 saturated heterocycles. The van der Waals surface area contributed by atoms with Crippen LogP contribution in [0.4, 0.5) is 10.5 Å². The molecule has 0 atom stereocenters. The van der Waals surface area contributed by atoms with Gasteiger partial charge in [0.2, 0.25) is 0 Å². The Morgan fingerprint density at radius 2 is 2.04 bits per heavy atom. The Hall–Kier alpha value is -2.77. The summed E-state index contributed by atoms with van der Waals surface area (Å²) in [6.45, 7) is 7.13. The molecule has 0 aliphatic heterocycles. The Labute approximate surface area is 141 Å². The number of nitrogens with two attached hydrogens (primary N) is 1. The minimum absolute atomic E-state index is 0.0757. The molecule has 0 radical (unpaired) electrons. The van der Waals surface area contributed by atoms with Gasteiger partial charge in [-0.1, -0.05) is 0 Å². The fraction of sp³-hybridized carbons (Fsp3) is 0.438. The molecule has 1 aromatic rings. The highest BCUT2D eigenvalue weighted by molar-refractivity contribution is 6.16. The first-order valence-corrected chi connectivity index (χ1v) is 7.35. The van der Waals surface area contributed by atoms with Crippen molar-refractivity contribution >= 4 is 23.3 Å². The van der Waals surface area contributed by atoms with E-state index >= 15 is 0 Å². The van der Waals surface area contributed by atoms with Crippen LogP contribution in [0, 0.1) is 0 Å². The Morgan fingerprint density at radius 3 is 2.54 bits per heavy atom. The molecule has 0 spiro atoms. The van der Waals surface area contributed by atoms with Gasteiger partial charge in [-0.15, -0.1) is 0 Å². The van der Waals surface area contributed by atoms with E-state index in [-0.39, 0.29) is 17.9 Å². The number of aromatic nitrogens is 1. The summed E-state index contributed by atoms with van der Waals surface area (Å²) in [4.78, 5) is 27.9. The number of anilines is 1. The third kappa shape index (κ3) is 5.45. The zero-order valence-electron chi connectivity index (χ0n) is 14.5. The topological polar surface area (TPSA) is 113 Å². The van der Waals surface area contributed by atoms with Crippen molar-refractivity contribution < 1.29 is 23.8 Å². The Balaban J connectivity index is 3.12. The van der Waals surface area contributed by atoms with Crippen LogP contribution in [0.2, 0.25) is 0 Å². The number of nitrogens with one attached hydrogen (secondary N) is 1. The lowest BCUT2D eigenvalue weighted by Crippen LogP contribution is -2.27. The molecule has 24 heavy (non-hydrogen) atoms. The minimum Gasteiger partial charge on any atom is -0.493 e. The van der Waals surface area contributed by atoms with E-state index in [0.29, 0.717) is 11.4 Å². The van der Waals surface area contributed by atoms with Crippen molar-refractivity contribution in [2.24, 2.45) is 5.73 Å². The summed E-state index contributed by atoms with van der Waals surface area (Å²) in [6, 6.07) is 1.46. The molecule has 0 unspecified atom stereocenters. The van der Waals surface area contributed by atoms with Gasteiger partial charge in [0, 0.05) is 6.20 Å². The van der Waals surface area contributed by atoms with E-state index in [9.17, 15) is 9.59 Å². The second-order valence-electron chi connectivity index (χ2n) is 5.70. The summed E-state index contributed by atoms with van der Waals surface area (Å²) in [5, 5.41) is 2.56. The molecule has 8 nitrogen and oxygen atoms in total. The fourth-order valence-electron chi connectivity index (χ4n) is 1.73. The number of methoxy groups -OCH3 is 1. The van der Waals surface area contributed by atoms with Gasteiger partial charge in [0.25, 0.3) is 0 Å². The van der Waals surface area contributed by atoms with E-state index in [1.165, 1.54) is 19.4 Å². The van der Waals surface area contributed by atoms with Gasteiger partial charge in [0.05, 0.1) is 31.3 Å². The highest BCUT2D eigenvalue weighted by atomic mass is 16.6. The number of carbonyl (C=O) groups excluding carboxylic acids is 2. The van der Waals surface area contributed by atoms with Gasteiger partial charge in [-0.3, -0.25) is 10.3 Å². The zero-order valence-corrected chi connectivity index (χ0v) is 14.5. The van der Waals surface area contributed by atoms with Crippen molar-refractivity contribution in [2.45, 2.75) is 33.3 Å². The first kappa shape index (κ1) is 19.3. The van der Waals surface area contributed by atoms with Crippen LogP contribution >= 0.6 is 0 Å². The van der Waals surface area contributed by atoms with Crippen LogP contribution < -0.4 is 15.8 Å². The lowest BCUT2D eigenvalue weighted by atomic mass is 10.1. The van der Waals surface area contributed by atoms with Crippen LogP contribution in [-0.4, -0.2) is 36.4 Å². The van der Waals surface area contributed by atoms with E-state index in [4.69, 9.17) is 19.9 Å². The second-order valence-corrected chi connectivity index (χ2v) is 5.70. The van der Waals surface area contributed by atoms with Crippen LogP contribution in [0.3, 0.4) is 0 Å². The molecule has 0 saturated carbocycles. The van der Waals surface area contributed by atoms with E-state index < -0.39 is 17.7 Å². The van der Waals surface area contributed by atoms with Crippen LogP contribution in [-0.2, 0) is 14.3 Å². The molecule has 0 fully saturated rings. The zero-order chi connectivity index (χ0) is 18.3. The lowest BCUT2D eigenvalue weighted by Gasteiger charge is -2.20. The number of nitrogens with zero attached hydrogens (tertiary/aromatic N) is 1. The van der Waals surface area contributed by atoms with E-state index in [0.717, 1.165) is 6.20 Å². The minimum atomic E-state index is -0.660. The quantitative estimate of drug-likeness (QED) is 0.626. The molecule has 0 aliphatic carbocycles. The molecule has 1 aromatic heterocycles. The van der Waals surface area contributed by atoms with Gasteiger partial charge in [0.1, 0.15) is 11.2 Å². The SMILES string of the molecule is CCOC(=O)/C(=C/N)c1cc(NC(=O)OC(C)(C)C)c(OC)cn1. The average Bonchev–Trinajstić information content (AvgIpc) is 2.46. The molecular weight excluding hydrogens is 314 g/mol. The molecule has 0 aromatic carbocycles. The fourth-order valence-corrected chi connectivity index (χ4v) is 1.73. The van der Waals surface area contributed by atoms with Crippen molar-refractivity contribution in [1.82, 2.24) is 4.98 Å². The van der Waals surface area contributed by atoms with Crippen LogP contribution in [0.15, 0.2) is 18.5 Å². The van der Waals surface area contributed by atoms with Crippen molar-refractivity contribution in [2.75, 3.05) is 19.0 Å². The predicted molar refractivity (Wildman–Crippen MR) is 89.4 cm³/mol. The van der Waals surface area contributed by atoms with Gasteiger partial charge in [-0.2, -0.15) is 0 Å². The molecule has 1 amide bonds. The third-order valence-electron chi connectivity index (χ3n) is 2.66. The maximum atomic E-state index is 11.9. The molecule has 132 valence electrons. The Kier molecular flexibility index (Phi) is 6.58.